The van der Waals surface area contributed by atoms with Crippen molar-refractivity contribution in [3.05, 3.63) is 23.8 Å². The first kappa shape index (κ1) is 13.9. The normalized spacial score (nSPS) is 19.6. The number of likely N-dealkylation sites (tertiary alicyclic amines) is 1. The molecule has 1 aliphatic rings. The number of nitrogens with zero attached hydrogens (tertiary/aromatic N) is 1. The maximum atomic E-state index is 11.3. The number of hydrogen-bond donors (Lipinski definition) is 2. The molecule has 1 unspecified atom stereocenters. The summed E-state index contributed by atoms with van der Waals surface area (Å²) in [5.74, 6) is 0.0111. The number of nitrogen functional groups attached to an aromatic ring is 1. The lowest BCUT2D eigenvalue weighted by molar-refractivity contribution is 0.101. The van der Waals surface area contributed by atoms with E-state index in [1.54, 1.807) is 6.07 Å². The molecule has 4 nitrogen and oxygen atoms in total. The zero-order chi connectivity index (χ0) is 13.8. The summed E-state index contributed by atoms with van der Waals surface area (Å²) in [5.41, 5.74) is 8.03. The van der Waals surface area contributed by atoms with E-state index in [1.807, 2.05) is 12.1 Å². The zero-order valence-corrected chi connectivity index (χ0v) is 11.8. The minimum atomic E-state index is 0.0111. The number of Topliss-reactive ketones (excluding diaryl/α,β-unsaturated/α-hetero) is 1. The van der Waals surface area contributed by atoms with E-state index in [4.69, 9.17) is 5.73 Å². The fourth-order valence-corrected chi connectivity index (χ4v) is 2.77. The summed E-state index contributed by atoms with van der Waals surface area (Å²) in [4.78, 5) is 13.8. The number of nitrogens with one attached hydrogen (secondary N) is 1. The maximum absolute atomic E-state index is 11.3. The minimum absolute atomic E-state index is 0.0111. The highest BCUT2D eigenvalue weighted by Gasteiger charge is 2.22. The Labute approximate surface area is 115 Å². The number of ketones is 1. The largest absolute Gasteiger partial charge is 0.398 e. The molecule has 0 amide bonds. The van der Waals surface area contributed by atoms with Crippen molar-refractivity contribution >= 4 is 17.2 Å². The Morgan fingerprint density at radius 1 is 1.53 bits per heavy atom. The molecule has 0 aromatic heterocycles. The number of likely N-dealkylation sites (N-methyl/N-ethyl adjacent to an activating group) is 1. The third kappa shape index (κ3) is 3.26. The molecule has 0 radical (unpaired) electrons. The highest BCUT2D eigenvalue weighted by Crippen LogP contribution is 2.21. The summed E-state index contributed by atoms with van der Waals surface area (Å²) in [5, 5.41) is 3.42. The van der Waals surface area contributed by atoms with E-state index >= 15 is 0 Å². The first-order valence-corrected chi connectivity index (χ1v) is 7.00. The van der Waals surface area contributed by atoms with Gasteiger partial charge in [-0.1, -0.05) is 6.92 Å². The molecule has 4 heteroatoms. The second-order valence-electron chi connectivity index (χ2n) is 5.16. The van der Waals surface area contributed by atoms with E-state index in [2.05, 4.69) is 17.1 Å². The predicted octanol–water partition coefficient (Wildman–Crippen LogP) is 2.37. The molecule has 0 spiro atoms. The maximum Gasteiger partial charge on any atom is 0.161 e. The van der Waals surface area contributed by atoms with Crippen molar-refractivity contribution in [3.8, 4) is 0 Å². The Morgan fingerprint density at radius 3 is 2.95 bits per heavy atom. The van der Waals surface area contributed by atoms with Gasteiger partial charge in [-0.3, -0.25) is 9.69 Å². The van der Waals surface area contributed by atoms with E-state index in [1.165, 1.54) is 26.3 Å². The van der Waals surface area contributed by atoms with Gasteiger partial charge in [-0.2, -0.15) is 0 Å². The van der Waals surface area contributed by atoms with Crippen LogP contribution >= 0.6 is 0 Å². The second-order valence-corrected chi connectivity index (χ2v) is 5.16. The summed E-state index contributed by atoms with van der Waals surface area (Å²) < 4.78 is 0. The van der Waals surface area contributed by atoms with Crippen LogP contribution in [0.1, 0.15) is 37.0 Å². The van der Waals surface area contributed by atoms with Crippen LogP contribution in [0.4, 0.5) is 11.4 Å². The Kier molecular flexibility index (Phi) is 4.43. The average molecular weight is 261 g/mol. The monoisotopic (exact) mass is 261 g/mol. The Balaban J connectivity index is 1.96. The van der Waals surface area contributed by atoms with E-state index in [-0.39, 0.29) is 5.78 Å². The summed E-state index contributed by atoms with van der Waals surface area (Å²) in [6, 6.07) is 6.19. The van der Waals surface area contributed by atoms with Crippen LogP contribution in [0.2, 0.25) is 0 Å². The van der Waals surface area contributed by atoms with Gasteiger partial charge in [-0.25, -0.2) is 0 Å². The second kappa shape index (κ2) is 6.06. The molecule has 1 fully saturated rings. The van der Waals surface area contributed by atoms with Gasteiger partial charge in [0.1, 0.15) is 0 Å². The fraction of sp³-hybridized carbons (Fsp3) is 0.533. The topological polar surface area (TPSA) is 58.4 Å². The van der Waals surface area contributed by atoms with Crippen molar-refractivity contribution in [3.63, 3.8) is 0 Å². The van der Waals surface area contributed by atoms with Crippen LogP contribution in [0.5, 0.6) is 0 Å². The molecule has 3 N–H and O–H groups in total. The molecule has 0 saturated carbocycles. The van der Waals surface area contributed by atoms with Gasteiger partial charge >= 0.3 is 0 Å². The van der Waals surface area contributed by atoms with Gasteiger partial charge in [0.05, 0.1) is 0 Å². The van der Waals surface area contributed by atoms with Crippen LogP contribution in [0.15, 0.2) is 18.2 Å². The van der Waals surface area contributed by atoms with Crippen molar-refractivity contribution < 1.29 is 4.79 Å². The van der Waals surface area contributed by atoms with Gasteiger partial charge in [0, 0.05) is 29.5 Å². The van der Waals surface area contributed by atoms with Crippen molar-refractivity contribution in [2.75, 3.05) is 30.7 Å². The first-order chi connectivity index (χ1) is 9.11. The molecular formula is C15H23N3O. The van der Waals surface area contributed by atoms with Crippen molar-refractivity contribution in [1.29, 1.82) is 0 Å². The number of carbonyl (C=O) groups excluding carboxylic acids is 1. The molecule has 0 aliphatic carbocycles. The molecule has 2 rings (SSSR count). The SMILES string of the molecule is CCN1CCCC1CNc1ccc(C(C)=O)c(N)c1. The molecule has 19 heavy (non-hydrogen) atoms. The Morgan fingerprint density at radius 2 is 2.32 bits per heavy atom. The third-order valence-corrected chi connectivity index (χ3v) is 3.88. The molecule has 1 aliphatic heterocycles. The van der Waals surface area contributed by atoms with Crippen LogP contribution in [0.25, 0.3) is 0 Å². The summed E-state index contributed by atoms with van der Waals surface area (Å²) >= 11 is 0. The highest BCUT2D eigenvalue weighted by atomic mass is 16.1. The lowest BCUT2D eigenvalue weighted by Crippen LogP contribution is -2.34. The number of rotatable bonds is 5. The van der Waals surface area contributed by atoms with Crippen LogP contribution in [0, 0.1) is 0 Å². The van der Waals surface area contributed by atoms with Gasteiger partial charge in [-0.05, 0) is 51.1 Å². The number of carbonyl (C=O) groups is 1. The molecule has 1 aromatic carbocycles. The molecular weight excluding hydrogens is 238 g/mol. The Hall–Kier alpha value is -1.55. The van der Waals surface area contributed by atoms with Crippen molar-refractivity contribution in [1.82, 2.24) is 4.90 Å². The zero-order valence-electron chi connectivity index (χ0n) is 11.8. The molecule has 104 valence electrons. The molecule has 1 atom stereocenters. The summed E-state index contributed by atoms with van der Waals surface area (Å²) in [7, 11) is 0. The van der Waals surface area contributed by atoms with E-state index in [9.17, 15) is 4.79 Å². The van der Waals surface area contributed by atoms with Crippen LogP contribution < -0.4 is 11.1 Å². The number of hydrogen-bond acceptors (Lipinski definition) is 4. The fourth-order valence-electron chi connectivity index (χ4n) is 2.77. The molecule has 1 aromatic rings. The van der Waals surface area contributed by atoms with Crippen molar-refractivity contribution in [2.24, 2.45) is 0 Å². The van der Waals surface area contributed by atoms with E-state index in [0.717, 1.165) is 18.8 Å². The van der Waals surface area contributed by atoms with E-state index in [0.29, 0.717) is 17.3 Å². The quantitative estimate of drug-likeness (QED) is 0.631. The smallest absolute Gasteiger partial charge is 0.161 e. The van der Waals surface area contributed by atoms with E-state index < -0.39 is 0 Å². The van der Waals surface area contributed by atoms with Gasteiger partial charge in [0.2, 0.25) is 0 Å². The van der Waals surface area contributed by atoms with Crippen LogP contribution in [-0.2, 0) is 0 Å². The third-order valence-electron chi connectivity index (χ3n) is 3.88. The molecule has 1 saturated heterocycles. The number of nitrogens with two attached hydrogens (primary N) is 1. The highest BCUT2D eigenvalue weighted by molar-refractivity contribution is 5.99. The predicted molar refractivity (Wildman–Crippen MR) is 79.6 cm³/mol. The summed E-state index contributed by atoms with van der Waals surface area (Å²) in [6.45, 7) is 6.99. The first-order valence-electron chi connectivity index (χ1n) is 7.00. The van der Waals surface area contributed by atoms with Gasteiger partial charge in [0.15, 0.2) is 5.78 Å². The number of anilines is 2. The number of benzene rings is 1. The van der Waals surface area contributed by atoms with Crippen LogP contribution in [0.3, 0.4) is 0 Å². The van der Waals surface area contributed by atoms with Gasteiger partial charge in [0.25, 0.3) is 0 Å². The standard InChI is InChI=1S/C15H23N3O/c1-3-18-8-4-5-13(18)10-17-12-6-7-14(11(2)19)15(16)9-12/h6-7,9,13,17H,3-5,8,10,16H2,1-2H3. The molecule has 1 heterocycles. The van der Waals surface area contributed by atoms with Crippen LogP contribution in [-0.4, -0.2) is 36.4 Å². The van der Waals surface area contributed by atoms with Gasteiger partial charge in [-0.15, -0.1) is 0 Å². The lowest BCUT2D eigenvalue weighted by Gasteiger charge is -2.23. The summed E-state index contributed by atoms with van der Waals surface area (Å²) in [6.07, 6.45) is 2.54. The molecule has 0 bridgehead atoms. The van der Waals surface area contributed by atoms with Crippen molar-refractivity contribution in [2.45, 2.75) is 32.7 Å². The Bertz CT molecular complexity index is 459. The minimum Gasteiger partial charge on any atom is -0.398 e. The van der Waals surface area contributed by atoms with Gasteiger partial charge < -0.3 is 11.1 Å². The average Bonchev–Trinajstić information content (AvgIpc) is 2.83. The lowest BCUT2D eigenvalue weighted by atomic mass is 10.1.